The molecule has 0 aliphatic rings. The molecule has 0 fully saturated rings. The number of rotatable bonds is 6. The second-order valence-electron chi connectivity index (χ2n) is 5.48. The van der Waals surface area contributed by atoms with Gasteiger partial charge in [0.2, 0.25) is 0 Å². The minimum Gasteiger partial charge on any atom is -0.329 e. The number of hydrogen-bond acceptors (Lipinski definition) is 2. The van der Waals surface area contributed by atoms with E-state index in [9.17, 15) is 0 Å². The molecule has 0 bridgehead atoms. The Bertz CT molecular complexity index is 501. The summed E-state index contributed by atoms with van der Waals surface area (Å²) in [6.07, 6.45) is 0. The van der Waals surface area contributed by atoms with Crippen LogP contribution in [0.5, 0.6) is 0 Å². The normalized spacial score (nSPS) is 11.0. The van der Waals surface area contributed by atoms with Crippen LogP contribution in [-0.4, -0.2) is 18.0 Å². The number of nitrogens with zero attached hydrogens (tertiary/aromatic N) is 1. The van der Waals surface area contributed by atoms with Crippen LogP contribution in [0.25, 0.3) is 0 Å². The van der Waals surface area contributed by atoms with E-state index in [1.807, 2.05) is 0 Å². The van der Waals surface area contributed by atoms with Crippen molar-refractivity contribution in [3.05, 3.63) is 70.8 Å². The van der Waals surface area contributed by atoms with E-state index in [1.54, 1.807) is 0 Å². The zero-order valence-corrected chi connectivity index (χ0v) is 12.5. The first-order valence-electron chi connectivity index (χ1n) is 7.21. The third-order valence-corrected chi connectivity index (χ3v) is 3.42. The topological polar surface area (TPSA) is 29.3 Å². The summed E-state index contributed by atoms with van der Waals surface area (Å²) in [5.41, 5.74) is 11.1. The lowest BCUT2D eigenvalue weighted by Crippen LogP contribution is -2.28. The van der Waals surface area contributed by atoms with Gasteiger partial charge in [-0.05, 0) is 25.0 Å². The summed E-state index contributed by atoms with van der Waals surface area (Å²) in [7, 11) is 0. The van der Waals surface area contributed by atoms with Crippen molar-refractivity contribution in [2.75, 3.05) is 13.1 Å². The maximum atomic E-state index is 5.75. The molecule has 0 atom stereocenters. The van der Waals surface area contributed by atoms with Crippen LogP contribution >= 0.6 is 0 Å². The van der Waals surface area contributed by atoms with Gasteiger partial charge in [-0.25, -0.2) is 0 Å². The van der Waals surface area contributed by atoms with E-state index in [1.165, 1.54) is 22.3 Å². The Morgan fingerprint density at radius 2 is 1.35 bits per heavy atom. The van der Waals surface area contributed by atoms with Crippen LogP contribution in [0.4, 0.5) is 0 Å². The van der Waals surface area contributed by atoms with Crippen LogP contribution in [0.1, 0.15) is 22.3 Å². The zero-order valence-electron chi connectivity index (χ0n) is 12.5. The predicted octanol–water partition coefficient (Wildman–Crippen LogP) is 3.26. The maximum Gasteiger partial charge on any atom is 0.0237 e. The molecule has 0 unspecified atom stereocenters. The fourth-order valence-electron chi connectivity index (χ4n) is 2.53. The van der Waals surface area contributed by atoms with E-state index < -0.39 is 0 Å². The molecule has 2 heteroatoms. The molecule has 0 radical (unpaired) electrons. The number of nitrogens with two attached hydrogens (primary N) is 1. The molecule has 2 rings (SSSR count). The number of aryl methyl sites for hydroxylation is 2. The Morgan fingerprint density at radius 1 is 0.850 bits per heavy atom. The lowest BCUT2D eigenvalue weighted by molar-refractivity contribution is 0.264. The summed E-state index contributed by atoms with van der Waals surface area (Å²) in [5.74, 6) is 0. The molecule has 2 aromatic rings. The van der Waals surface area contributed by atoms with Crippen molar-refractivity contribution in [2.24, 2.45) is 5.73 Å². The Balaban J connectivity index is 2.07. The van der Waals surface area contributed by atoms with Crippen LogP contribution in [0.15, 0.2) is 48.5 Å². The fourth-order valence-corrected chi connectivity index (χ4v) is 2.53. The van der Waals surface area contributed by atoms with E-state index in [0.717, 1.165) is 19.6 Å². The van der Waals surface area contributed by atoms with E-state index in [2.05, 4.69) is 67.3 Å². The van der Waals surface area contributed by atoms with Gasteiger partial charge >= 0.3 is 0 Å². The van der Waals surface area contributed by atoms with Gasteiger partial charge in [0.15, 0.2) is 0 Å². The standard InChI is InChI=1S/C18H24N2/c1-15-5-3-7-17(11-15)13-20(10-9-19)14-18-8-4-6-16(2)12-18/h3-8,11-12H,9-10,13-14,19H2,1-2H3. The molecule has 2 aromatic carbocycles. The van der Waals surface area contributed by atoms with Crippen LogP contribution in [0, 0.1) is 13.8 Å². The average molecular weight is 268 g/mol. The second kappa shape index (κ2) is 7.22. The number of benzene rings is 2. The highest BCUT2D eigenvalue weighted by molar-refractivity contribution is 5.24. The van der Waals surface area contributed by atoms with Gasteiger partial charge in [0.05, 0.1) is 0 Å². The lowest BCUT2D eigenvalue weighted by atomic mass is 10.1. The van der Waals surface area contributed by atoms with Crippen LogP contribution in [0.2, 0.25) is 0 Å². The third kappa shape index (κ3) is 4.48. The molecule has 0 aliphatic heterocycles. The average Bonchev–Trinajstić information content (AvgIpc) is 2.39. The summed E-state index contributed by atoms with van der Waals surface area (Å²) in [6.45, 7) is 7.79. The van der Waals surface area contributed by atoms with Gasteiger partial charge in [-0.15, -0.1) is 0 Å². The second-order valence-corrected chi connectivity index (χ2v) is 5.48. The Kier molecular flexibility index (Phi) is 5.33. The maximum absolute atomic E-state index is 5.75. The first kappa shape index (κ1) is 14.8. The van der Waals surface area contributed by atoms with Gasteiger partial charge in [0.25, 0.3) is 0 Å². The molecule has 0 spiro atoms. The molecule has 0 heterocycles. The smallest absolute Gasteiger partial charge is 0.0237 e. The van der Waals surface area contributed by atoms with E-state index in [4.69, 9.17) is 5.73 Å². The van der Waals surface area contributed by atoms with Crippen LogP contribution < -0.4 is 5.73 Å². The highest BCUT2D eigenvalue weighted by Crippen LogP contribution is 2.12. The van der Waals surface area contributed by atoms with Crippen molar-refractivity contribution in [2.45, 2.75) is 26.9 Å². The van der Waals surface area contributed by atoms with Gasteiger partial charge in [-0.1, -0.05) is 59.7 Å². The van der Waals surface area contributed by atoms with Gasteiger partial charge < -0.3 is 5.73 Å². The Labute approximate surface area is 122 Å². The summed E-state index contributed by atoms with van der Waals surface area (Å²) in [5, 5.41) is 0. The van der Waals surface area contributed by atoms with Crippen molar-refractivity contribution < 1.29 is 0 Å². The highest BCUT2D eigenvalue weighted by atomic mass is 15.1. The SMILES string of the molecule is Cc1cccc(CN(CCN)Cc2cccc(C)c2)c1. The quantitative estimate of drug-likeness (QED) is 0.871. The molecule has 0 saturated carbocycles. The summed E-state index contributed by atoms with van der Waals surface area (Å²) in [4.78, 5) is 2.41. The molecule has 0 aliphatic carbocycles. The summed E-state index contributed by atoms with van der Waals surface area (Å²) < 4.78 is 0. The van der Waals surface area contributed by atoms with Gasteiger partial charge in [0.1, 0.15) is 0 Å². The van der Waals surface area contributed by atoms with Gasteiger partial charge in [-0.2, -0.15) is 0 Å². The van der Waals surface area contributed by atoms with Crippen LogP contribution in [-0.2, 0) is 13.1 Å². The third-order valence-electron chi connectivity index (χ3n) is 3.42. The van der Waals surface area contributed by atoms with Crippen molar-refractivity contribution in [1.82, 2.24) is 4.90 Å². The van der Waals surface area contributed by atoms with Gasteiger partial charge in [0, 0.05) is 26.2 Å². The van der Waals surface area contributed by atoms with Crippen molar-refractivity contribution in [3.63, 3.8) is 0 Å². The Morgan fingerprint density at radius 3 is 1.75 bits per heavy atom. The first-order valence-corrected chi connectivity index (χ1v) is 7.21. The minimum atomic E-state index is 0.692. The molecule has 0 aromatic heterocycles. The zero-order chi connectivity index (χ0) is 14.4. The molecular formula is C18H24N2. The predicted molar refractivity (Wildman–Crippen MR) is 85.5 cm³/mol. The van der Waals surface area contributed by atoms with Crippen molar-refractivity contribution in [3.8, 4) is 0 Å². The Hall–Kier alpha value is -1.64. The van der Waals surface area contributed by atoms with E-state index in [-0.39, 0.29) is 0 Å². The molecular weight excluding hydrogens is 244 g/mol. The first-order chi connectivity index (χ1) is 9.67. The molecule has 106 valence electrons. The molecule has 0 saturated heterocycles. The minimum absolute atomic E-state index is 0.692. The van der Waals surface area contributed by atoms with Crippen LogP contribution in [0.3, 0.4) is 0 Å². The molecule has 0 amide bonds. The highest BCUT2D eigenvalue weighted by Gasteiger charge is 2.06. The number of hydrogen-bond donors (Lipinski definition) is 1. The lowest BCUT2D eigenvalue weighted by Gasteiger charge is -2.22. The molecule has 2 nitrogen and oxygen atoms in total. The van der Waals surface area contributed by atoms with Gasteiger partial charge in [-0.3, -0.25) is 4.90 Å². The van der Waals surface area contributed by atoms with Crippen molar-refractivity contribution in [1.29, 1.82) is 0 Å². The molecule has 2 N–H and O–H groups in total. The summed E-state index contributed by atoms with van der Waals surface area (Å²) >= 11 is 0. The van der Waals surface area contributed by atoms with Crippen molar-refractivity contribution >= 4 is 0 Å². The van der Waals surface area contributed by atoms with E-state index >= 15 is 0 Å². The van der Waals surface area contributed by atoms with E-state index in [0.29, 0.717) is 6.54 Å². The monoisotopic (exact) mass is 268 g/mol. The molecule has 20 heavy (non-hydrogen) atoms. The largest absolute Gasteiger partial charge is 0.329 e. The fraction of sp³-hybridized carbons (Fsp3) is 0.333. The summed E-state index contributed by atoms with van der Waals surface area (Å²) in [6, 6.07) is 17.4.